The van der Waals surface area contributed by atoms with E-state index in [-0.39, 0.29) is 0 Å². The highest BCUT2D eigenvalue weighted by Crippen LogP contribution is 2.26. The van der Waals surface area contributed by atoms with Crippen LogP contribution >= 0.6 is 23.2 Å². The second-order valence-corrected chi connectivity index (χ2v) is 4.11. The number of nitrogens with zero attached hydrogens (tertiary/aromatic N) is 1. The van der Waals surface area contributed by atoms with Gasteiger partial charge in [0.1, 0.15) is 0 Å². The summed E-state index contributed by atoms with van der Waals surface area (Å²) in [6.07, 6.45) is 0.774. The summed E-state index contributed by atoms with van der Waals surface area (Å²) < 4.78 is 0. The Morgan fingerprint density at radius 2 is 1.87 bits per heavy atom. The van der Waals surface area contributed by atoms with Gasteiger partial charge in [0.15, 0.2) is 0 Å². The number of halogens is 2. The molecule has 2 N–H and O–H groups in total. The van der Waals surface area contributed by atoms with Crippen molar-refractivity contribution in [1.82, 2.24) is 4.98 Å². The van der Waals surface area contributed by atoms with Crippen LogP contribution in [-0.4, -0.2) is 11.5 Å². The molecule has 0 spiro atoms. The molecular formula is C11H10Cl2N2. The molecule has 0 fully saturated rings. The monoisotopic (exact) mass is 240 g/mol. The minimum absolute atomic E-state index is 0.529. The highest BCUT2D eigenvalue weighted by Gasteiger charge is 2.02. The predicted molar refractivity (Wildman–Crippen MR) is 64.5 cm³/mol. The molecule has 1 aromatic heterocycles. The lowest BCUT2D eigenvalue weighted by atomic mass is 10.2. The average molecular weight is 241 g/mol. The topological polar surface area (TPSA) is 38.9 Å². The van der Waals surface area contributed by atoms with Gasteiger partial charge in [-0.15, -0.1) is 0 Å². The van der Waals surface area contributed by atoms with E-state index in [1.165, 1.54) is 0 Å². The molecule has 0 unspecified atom stereocenters. The molecule has 2 aromatic rings. The maximum absolute atomic E-state index is 5.92. The van der Waals surface area contributed by atoms with Gasteiger partial charge in [0, 0.05) is 17.5 Å². The lowest BCUT2D eigenvalue weighted by Crippen LogP contribution is -2.04. The van der Waals surface area contributed by atoms with Crippen molar-refractivity contribution in [3.63, 3.8) is 0 Å². The van der Waals surface area contributed by atoms with Gasteiger partial charge in [-0.3, -0.25) is 4.98 Å². The van der Waals surface area contributed by atoms with E-state index in [2.05, 4.69) is 4.98 Å². The van der Waals surface area contributed by atoms with Crippen LogP contribution in [0.1, 0.15) is 5.69 Å². The van der Waals surface area contributed by atoms with E-state index in [1.54, 1.807) is 6.07 Å². The van der Waals surface area contributed by atoms with Gasteiger partial charge >= 0.3 is 0 Å². The molecule has 4 heteroatoms. The summed E-state index contributed by atoms with van der Waals surface area (Å²) in [5.74, 6) is 0. The van der Waals surface area contributed by atoms with Gasteiger partial charge < -0.3 is 5.73 Å². The average Bonchev–Trinajstić information content (AvgIpc) is 2.21. The van der Waals surface area contributed by atoms with Crippen LogP contribution in [0.5, 0.6) is 0 Å². The summed E-state index contributed by atoms with van der Waals surface area (Å²) in [6, 6.07) is 7.53. The molecule has 0 bridgehead atoms. The maximum Gasteiger partial charge on any atom is 0.0721 e. The highest BCUT2D eigenvalue weighted by atomic mass is 35.5. The van der Waals surface area contributed by atoms with Crippen LogP contribution in [0.3, 0.4) is 0 Å². The van der Waals surface area contributed by atoms with Gasteiger partial charge in [-0.2, -0.15) is 0 Å². The summed E-state index contributed by atoms with van der Waals surface area (Å²) in [4.78, 5) is 4.44. The molecule has 0 aliphatic carbocycles. The van der Waals surface area contributed by atoms with Gasteiger partial charge in [0.2, 0.25) is 0 Å². The van der Waals surface area contributed by atoms with E-state index in [0.29, 0.717) is 16.6 Å². The summed E-state index contributed by atoms with van der Waals surface area (Å²) in [5.41, 5.74) is 7.30. The van der Waals surface area contributed by atoms with Gasteiger partial charge in [-0.25, -0.2) is 0 Å². The minimum atomic E-state index is 0.529. The van der Waals surface area contributed by atoms with Crippen molar-refractivity contribution in [2.75, 3.05) is 6.54 Å². The van der Waals surface area contributed by atoms with E-state index in [4.69, 9.17) is 28.9 Å². The molecule has 0 saturated carbocycles. The zero-order valence-corrected chi connectivity index (χ0v) is 9.52. The highest BCUT2D eigenvalue weighted by molar-refractivity contribution is 6.42. The second kappa shape index (κ2) is 4.35. The zero-order valence-electron chi connectivity index (χ0n) is 8.00. The molecule has 0 radical (unpaired) electrons. The molecule has 15 heavy (non-hydrogen) atoms. The standard InChI is InChI=1S/C11H10Cl2N2/c12-9-5-7-1-2-8(3-4-14)15-11(7)6-10(9)13/h1-2,5-6H,3-4,14H2. The number of benzene rings is 1. The van der Waals surface area contributed by atoms with Crippen LogP contribution in [-0.2, 0) is 6.42 Å². The van der Waals surface area contributed by atoms with E-state index in [0.717, 1.165) is 23.0 Å². The Balaban J connectivity index is 2.56. The number of fused-ring (bicyclic) bond motifs is 1. The summed E-state index contributed by atoms with van der Waals surface area (Å²) in [6.45, 7) is 0.597. The van der Waals surface area contributed by atoms with Crippen molar-refractivity contribution < 1.29 is 0 Å². The predicted octanol–water partition coefficient (Wildman–Crippen LogP) is 3.04. The Kier molecular flexibility index (Phi) is 3.10. The van der Waals surface area contributed by atoms with E-state index >= 15 is 0 Å². The van der Waals surface area contributed by atoms with E-state index < -0.39 is 0 Å². The Hall–Kier alpha value is -0.830. The van der Waals surface area contributed by atoms with Crippen LogP contribution < -0.4 is 5.73 Å². The first kappa shape index (κ1) is 10.7. The molecule has 78 valence electrons. The van der Waals surface area contributed by atoms with Crippen LogP contribution in [0.2, 0.25) is 10.0 Å². The molecule has 2 nitrogen and oxygen atoms in total. The number of hydrogen-bond acceptors (Lipinski definition) is 2. The van der Waals surface area contributed by atoms with Gasteiger partial charge in [0.05, 0.1) is 15.6 Å². The molecule has 0 aliphatic heterocycles. The van der Waals surface area contributed by atoms with Crippen LogP contribution in [0.25, 0.3) is 10.9 Å². The van der Waals surface area contributed by atoms with Crippen LogP contribution in [0.15, 0.2) is 24.3 Å². The number of aromatic nitrogens is 1. The minimum Gasteiger partial charge on any atom is -0.330 e. The second-order valence-electron chi connectivity index (χ2n) is 3.30. The zero-order chi connectivity index (χ0) is 10.8. The number of hydrogen-bond donors (Lipinski definition) is 1. The lowest BCUT2D eigenvalue weighted by Gasteiger charge is -2.03. The van der Waals surface area contributed by atoms with Crippen LogP contribution in [0.4, 0.5) is 0 Å². The van der Waals surface area contributed by atoms with Gasteiger partial charge in [0.25, 0.3) is 0 Å². The number of pyridine rings is 1. The molecule has 2 rings (SSSR count). The number of nitrogens with two attached hydrogens (primary N) is 1. The summed E-state index contributed by atoms with van der Waals surface area (Å²) >= 11 is 11.8. The Labute approximate surface area is 98.0 Å². The Bertz CT molecular complexity index is 497. The number of rotatable bonds is 2. The SMILES string of the molecule is NCCc1ccc2cc(Cl)c(Cl)cc2n1. The van der Waals surface area contributed by atoms with Crippen molar-refractivity contribution in [3.8, 4) is 0 Å². The first-order chi connectivity index (χ1) is 7.20. The van der Waals surface area contributed by atoms with Crippen molar-refractivity contribution in [2.45, 2.75) is 6.42 Å². The van der Waals surface area contributed by atoms with Crippen molar-refractivity contribution in [1.29, 1.82) is 0 Å². The summed E-state index contributed by atoms with van der Waals surface area (Å²) in [5, 5.41) is 2.07. The van der Waals surface area contributed by atoms with Crippen molar-refractivity contribution in [3.05, 3.63) is 40.0 Å². The van der Waals surface area contributed by atoms with Gasteiger partial charge in [-0.1, -0.05) is 29.3 Å². The molecule has 0 saturated heterocycles. The summed E-state index contributed by atoms with van der Waals surface area (Å²) in [7, 11) is 0. The molecule has 1 heterocycles. The largest absolute Gasteiger partial charge is 0.330 e. The van der Waals surface area contributed by atoms with E-state index in [1.807, 2.05) is 18.2 Å². The normalized spacial score (nSPS) is 10.9. The quantitative estimate of drug-likeness (QED) is 0.877. The smallest absolute Gasteiger partial charge is 0.0721 e. The Morgan fingerprint density at radius 3 is 2.60 bits per heavy atom. The van der Waals surface area contributed by atoms with E-state index in [9.17, 15) is 0 Å². The third-order valence-corrected chi connectivity index (χ3v) is 2.91. The fourth-order valence-electron chi connectivity index (χ4n) is 1.45. The molecular weight excluding hydrogens is 231 g/mol. The third-order valence-electron chi connectivity index (χ3n) is 2.19. The Morgan fingerprint density at radius 1 is 1.13 bits per heavy atom. The molecule has 0 aliphatic rings. The fourth-order valence-corrected chi connectivity index (χ4v) is 1.78. The first-order valence-corrected chi connectivity index (χ1v) is 5.41. The maximum atomic E-state index is 5.92. The van der Waals surface area contributed by atoms with Crippen molar-refractivity contribution in [2.24, 2.45) is 5.73 Å². The molecule has 0 atom stereocenters. The molecule has 0 amide bonds. The third kappa shape index (κ3) is 2.23. The van der Waals surface area contributed by atoms with Gasteiger partial charge in [-0.05, 0) is 24.7 Å². The van der Waals surface area contributed by atoms with Crippen molar-refractivity contribution >= 4 is 34.1 Å². The fraction of sp³-hybridized carbons (Fsp3) is 0.182. The first-order valence-electron chi connectivity index (χ1n) is 4.65. The van der Waals surface area contributed by atoms with Crippen LogP contribution in [0, 0.1) is 0 Å². The molecule has 1 aromatic carbocycles. The lowest BCUT2D eigenvalue weighted by molar-refractivity contribution is 0.932.